The first-order valence-electron chi connectivity index (χ1n) is 11.1. The van der Waals surface area contributed by atoms with Crippen molar-refractivity contribution in [2.24, 2.45) is 0 Å². The lowest BCUT2D eigenvalue weighted by Gasteiger charge is -2.12. The third-order valence-corrected chi connectivity index (χ3v) is 5.49. The molecular formula is C30H22N2O4. The molecule has 5 rings (SSSR count). The standard InChI is InChI=1S/C30H22N2O4/c31-27-12-10-23(17-29(27)33)35-22-9-8-21-15-25(36-24-11-13-28(32)30(34)18-24)14-20(26(21)16-22)7-6-19-4-2-1-3-5-19/h1-5,8-18,33-34H,31-32H2. The fourth-order valence-electron chi connectivity index (χ4n) is 3.64. The van der Waals surface area contributed by atoms with Crippen molar-refractivity contribution in [3.63, 3.8) is 0 Å². The minimum Gasteiger partial charge on any atom is -0.506 e. The number of nitrogen functional groups attached to an aromatic ring is 2. The van der Waals surface area contributed by atoms with Crippen molar-refractivity contribution in [2.75, 3.05) is 11.5 Å². The van der Waals surface area contributed by atoms with Gasteiger partial charge in [0.15, 0.2) is 0 Å². The smallest absolute Gasteiger partial charge is 0.142 e. The lowest BCUT2D eigenvalue weighted by molar-refractivity contribution is 0.456. The molecule has 6 N–H and O–H groups in total. The normalized spacial score (nSPS) is 10.4. The maximum Gasteiger partial charge on any atom is 0.142 e. The molecule has 36 heavy (non-hydrogen) atoms. The molecule has 176 valence electrons. The second kappa shape index (κ2) is 9.53. The molecule has 0 bridgehead atoms. The SMILES string of the molecule is Nc1ccc(Oc2cc(C#Cc3ccccc3)c3cc(Oc4ccc(N)c(O)c4)ccc3c2)cc1O. The van der Waals surface area contributed by atoms with Gasteiger partial charge in [-0.25, -0.2) is 0 Å². The van der Waals surface area contributed by atoms with Gasteiger partial charge in [0.1, 0.15) is 34.5 Å². The maximum absolute atomic E-state index is 9.93. The Morgan fingerprint density at radius 2 is 1.14 bits per heavy atom. The molecule has 0 aliphatic carbocycles. The van der Waals surface area contributed by atoms with E-state index in [1.165, 1.54) is 12.1 Å². The van der Waals surface area contributed by atoms with Crippen molar-refractivity contribution >= 4 is 22.1 Å². The van der Waals surface area contributed by atoms with Crippen molar-refractivity contribution < 1.29 is 19.7 Å². The minimum atomic E-state index is -0.0483. The molecule has 6 heteroatoms. The molecule has 0 saturated heterocycles. The molecule has 0 fully saturated rings. The summed E-state index contributed by atoms with van der Waals surface area (Å²) in [5.74, 6) is 8.39. The van der Waals surface area contributed by atoms with Crippen LogP contribution in [0, 0.1) is 11.8 Å². The van der Waals surface area contributed by atoms with E-state index in [0.29, 0.717) is 23.0 Å². The average molecular weight is 475 g/mol. The van der Waals surface area contributed by atoms with Crippen molar-refractivity contribution in [3.8, 4) is 46.3 Å². The fraction of sp³-hybridized carbons (Fsp3) is 0. The predicted octanol–water partition coefficient (Wildman–Crippen LogP) is 6.40. The van der Waals surface area contributed by atoms with E-state index in [9.17, 15) is 10.2 Å². The monoisotopic (exact) mass is 474 g/mol. The quantitative estimate of drug-likeness (QED) is 0.136. The first kappa shape index (κ1) is 22.5. The predicted molar refractivity (Wildman–Crippen MR) is 142 cm³/mol. The molecular weight excluding hydrogens is 452 g/mol. The molecule has 0 atom stereocenters. The summed E-state index contributed by atoms with van der Waals surface area (Å²) in [5.41, 5.74) is 13.6. The highest BCUT2D eigenvalue weighted by Crippen LogP contribution is 2.35. The molecule has 0 spiro atoms. The summed E-state index contributed by atoms with van der Waals surface area (Å²) in [6.45, 7) is 0. The third kappa shape index (κ3) is 4.96. The second-order valence-corrected chi connectivity index (χ2v) is 8.12. The number of fused-ring (bicyclic) bond motifs is 1. The summed E-state index contributed by atoms with van der Waals surface area (Å²) >= 11 is 0. The highest BCUT2D eigenvalue weighted by Gasteiger charge is 2.09. The van der Waals surface area contributed by atoms with Gasteiger partial charge in [-0.05, 0) is 66.0 Å². The Bertz CT molecular complexity index is 1640. The molecule has 0 heterocycles. The number of anilines is 2. The molecule has 0 aromatic heterocycles. The number of phenolic OH excluding ortho intramolecular Hbond substituents is 2. The number of aromatic hydroxyl groups is 2. The maximum atomic E-state index is 9.93. The number of hydrogen-bond donors (Lipinski definition) is 4. The van der Waals surface area contributed by atoms with E-state index in [1.807, 2.05) is 60.7 Å². The number of phenols is 2. The van der Waals surface area contributed by atoms with Crippen LogP contribution in [0.3, 0.4) is 0 Å². The van der Waals surface area contributed by atoms with Crippen LogP contribution in [-0.4, -0.2) is 10.2 Å². The van der Waals surface area contributed by atoms with Crippen molar-refractivity contribution in [2.45, 2.75) is 0 Å². The summed E-state index contributed by atoms with van der Waals surface area (Å²) in [4.78, 5) is 0. The van der Waals surface area contributed by atoms with Crippen LogP contribution in [0.2, 0.25) is 0 Å². The van der Waals surface area contributed by atoms with E-state index in [4.69, 9.17) is 20.9 Å². The topological polar surface area (TPSA) is 111 Å². The average Bonchev–Trinajstić information content (AvgIpc) is 2.88. The largest absolute Gasteiger partial charge is 0.506 e. The summed E-state index contributed by atoms with van der Waals surface area (Å²) in [6, 6.07) is 28.5. The molecule has 0 aliphatic rings. The highest BCUT2D eigenvalue weighted by molar-refractivity contribution is 5.91. The summed E-state index contributed by atoms with van der Waals surface area (Å²) in [7, 11) is 0. The van der Waals surface area contributed by atoms with E-state index in [-0.39, 0.29) is 22.9 Å². The minimum absolute atomic E-state index is 0.0433. The van der Waals surface area contributed by atoms with Crippen LogP contribution >= 0.6 is 0 Å². The Morgan fingerprint density at radius 3 is 1.78 bits per heavy atom. The molecule has 5 aromatic carbocycles. The number of benzene rings is 5. The highest BCUT2D eigenvalue weighted by atomic mass is 16.5. The van der Waals surface area contributed by atoms with Crippen molar-refractivity contribution in [3.05, 3.63) is 108 Å². The second-order valence-electron chi connectivity index (χ2n) is 8.12. The van der Waals surface area contributed by atoms with Gasteiger partial charge < -0.3 is 31.2 Å². The summed E-state index contributed by atoms with van der Waals surface area (Å²) < 4.78 is 12.0. The molecule has 0 saturated carbocycles. The number of rotatable bonds is 4. The van der Waals surface area contributed by atoms with E-state index in [1.54, 1.807) is 24.3 Å². The van der Waals surface area contributed by atoms with Crippen LogP contribution in [-0.2, 0) is 0 Å². The van der Waals surface area contributed by atoms with Gasteiger partial charge in [-0.2, -0.15) is 0 Å². The third-order valence-electron chi connectivity index (χ3n) is 5.49. The Kier molecular flexibility index (Phi) is 5.96. The van der Waals surface area contributed by atoms with Gasteiger partial charge >= 0.3 is 0 Å². The summed E-state index contributed by atoms with van der Waals surface area (Å²) in [6.07, 6.45) is 0. The van der Waals surface area contributed by atoms with Crippen LogP contribution in [0.5, 0.6) is 34.5 Å². The fourth-order valence-corrected chi connectivity index (χ4v) is 3.64. The van der Waals surface area contributed by atoms with Gasteiger partial charge in [0.25, 0.3) is 0 Å². The van der Waals surface area contributed by atoms with Crippen LogP contribution < -0.4 is 20.9 Å². The molecule has 0 radical (unpaired) electrons. The first-order valence-corrected chi connectivity index (χ1v) is 11.1. The number of nitrogens with two attached hydrogens (primary N) is 2. The van der Waals surface area contributed by atoms with Crippen LogP contribution in [0.15, 0.2) is 97.1 Å². The van der Waals surface area contributed by atoms with E-state index < -0.39 is 0 Å². The van der Waals surface area contributed by atoms with Crippen LogP contribution in [0.4, 0.5) is 11.4 Å². The molecule has 0 unspecified atom stereocenters. The van der Waals surface area contributed by atoms with Crippen molar-refractivity contribution in [1.29, 1.82) is 0 Å². The van der Waals surface area contributed by atoms with Crippen LogP contribution in [0.25, 0.3) is 10.8 Å². The number of hydrogen-bond acceptors (Lipinski definition) is 6. The van der Waals surface area contributed by atoms with E-state index in [0.717, 1.165) is 21.9 Å². The zero-order valence-electron chi connectivity index (χ0n) is 19.1. The van der Waals surface area contributed by atoms with Crippen molar-refractivity contribution in [1.82, 2.24) is 0 Å². The van der Waals surface area contributed by atoms with Gasteiger partial charge in [-0.1, -0.05) is 36.1 Å². The Hall–Kier alpha value is -5.28. The van der Waals surface area contributed by atoms with E-state index >= 15 is 0 Å². The molecule has 0 amide bonds. The Balaban J connectivity index is 1.56. The van der Waals surface area contributed by atoms with Gasteiger partial charge in [-0.15, -0.1) is 0 Å². The van der Waals surface area contributed by atoms with Crippen LogP contribution in [0.1, 0.15) is 11.1 Å². The molecule has 5 aromatic rings. The lowest BCUT2D eigenvalue weighted by Crippen LogP contribution is -1.91. The van der Waals surface area contributed by atoms with Gasteiger partial charge in [0.2, 0.25) is 0 Å². The number of ether oxygens (including phenoxy) is 2. The molecule has 0 aliphatic heterocycles. The van der Waals surface area contributed by atoms with E-state index in [2.05, 4.69) is 11.8 Å². The Labute approximate surface area is 208 Å². The summed E-state index contributed by atoms with van der Waals surface area (Å²) in [5, 5.41) is 21.6. The van der Waals surface area contributed by atoms with Gasteiger partial charge in [0, 0.05) is 28.6 Å². The molecule has 6 nitrogen and oxygen atoms in total. The zero-order chi connectivity index (χ0) is 25.1. The van der Waals surface area contributed by atoms with Gasteiger partial charge in [0.05, 0.1) is 11.4 Å². The first-order chi connectivity index (χ1) is 17.4. The zero-order valence-corrected chi connectivity index (χ0v) is 19.1. The lowest BCUT2D eigenvalue weighted by atomic mass is 10.0. The Morgan fingerprint density at radius 1 is 0.556 bits per heavy atom. The van der Waals surface area contributed by atoms with Gasteiger partial charge in [-0.3, -0.25) is 0 Å².